The molecule has 0 unspecified atom stereocenters. The number of halogens is 1. The van der Waals surface area contributed by atoms with Crippen molar-refractivity contribution in [3.8, 4) is 0 Å². The number of aliphatic carboxylic acids is 1. The lowest BCUT2D eigenvalue weighted by molar-refractivity contribution is -0.132. The predicted molar refractivity (Wildman–Crippen MR) is 61.9 cm³/mol. The Morgan fingerprint density at radius 2 is 2.13 bits per heavy atom. The zero-order valence-corrected chi connectivity index (χ0v) is 9.30. The van der Waals surface area contributed by atoms with Crippen LogP contribution in [-0.2, 0) is 4.79 Å². The molecule has 0 aliphatic rings. The van der Waals surface area contributed by atoms with Crippen LogP contribution < -0.4 is 5.73 Å². The van der Waals surface area contributed by atoms with Crippen LogP contribution in [0.5, 0.6) is 0 Å². The van der Waals surface area contributed by atoms with Crippen LogP contribution in [0.1, 0.15) is 18.1 Å². The molecule has 0 amide bonds. The molecule has 3 N–H and O–H groups in total. The number of nitrogen functional groups attached to an aromatic ring is 1. The van der Waals surface area contributed by atoms with E-state index < -0.39 is 5.97 Å². The summed E-state index contributed by atoms with van der Waals surface area (Å²) < 4.78 is 0. The second kappa shape index (κ2) is 4.36. The van der Waals surface area contributed by atoms with Crippen molar-refractivity contribution in [3.63, 3.8) is 0 Å². The molecule has 1 rings (SSSR count). The standard InChI is InChI=1S/C11H12ClNO2/c1-6(11(14)15)5-8-3-4-9(12)10(13)7(8)2/h3-5H,13H2,1-2H3,(H,14,15)/b6-5+. The second-order valence-electron chi connectivity index (χ2n) is 3.31. The first-order valence-electron chi connectivity index (χ1n) is 4.39. The smallest absolute Gasteiger partial charge is 0.331 e. The SMILES string of the molecule is C/C(=C\c1ccc(Cl)c(N)c1C)C(=O)O. The van der Waals surface area contributed by atoms with E-state index in [0.29, 0.717) is 10.7 Å². The van der Waals surface area contributed by atoms with E-state index >= 15 is 0 Å². The van der Waals surface area contributed by atoms with Gasteiger partial charge < -0.3 is 10.8 Å². The van der Waals surface area contributed by atoms with Crippen LogP contribution >= 0.6 is 11.6 Å². The number of hydrogen-bond donors (Lipinski definition) is 2. The lowest BCUT2D eigenvalue weighted by Crippen LogP contribution is -1.98. The number of anilines is 1. The van der Waals surface area contributed by atoms with Gasteiger partial charge in [-0.3, -0.25) is 0 Å². The Labute approximate surface area is 93.2 Å². The summed E-state index contributed by atoms with van der Waals surface area (Å²) in [6, 6.07) is 3.41. The molecule has 15 heavy (non-hydrogen) atoms. The average Bonchev–Trinajstić information content (AvgIpc) is 2.18. The summed E-state index contributed by atoms with van der Waals surface area (Å²) in [6.45, 7) is 3.34. The number of benzene rings is 1. The third-order valence-electron chi connectivity index (χ3n) is 2.21. The number of carboxylic acids is 1. The highest BCUT2D eigenvalue weighted by atomic mass is 35.5. The number of hydrogen-bond acceptors (Lipinski definition) is 2. The molecule has 1 aromatic carbocycles. The maximum atomic E-state index is 10.6. The van der Waals surface area contributed by atoms with Crippen LogP contribution in [0.2, 0.25) is 5.02 Å². The monoisotopic (exact) mass is 225 g/mol. The molecule has 1 aromatic rings. The summed E-state index contributed by atoms with van der Waals surface area (Å²) in [5.41, 5.74) is 8.05. The molecule has 0 aliphatic carbocycles. The fourth-order valence-corrected chi connectivity index (χ4v) is 1.37. The van der Waals surface area contributed by atoms with Gasteiger partial charge in [-0.2, -0.15) is 0 Å². The summed E-state index contributed by atoms with van der Waals surface area (Å²) in [4.78, 5) is 10.6. The molecule has 0 fully saturated rings. The summed E-state index contributed by atoms with van der Waals surface area (Å²) in [7, 11) is 0. The molecule has 0 saturated carbocycles. The van der Waals surface area contributed by atoms with E-state index in [9.17, 15) is 4.79 Å². The van der Waals surface area contributed by atoms with Gasteiger partial charge in [-0.05, 0) is 37.1 Å². The zero-order valence-electron chi connectivity index (χ0n) is 8.54. The van der Waals surface area contributed by atoms with Crippen LogP contribution in [0.3, 0.4) is 0 Å². The van der Waals surface area contributed by atoms with Crippen LogP contribution in [0.4, 0.5) is 5.69 Å². The zero-order chi connectivity index (χ0) is 11.6. The Balaban J connectivity index is 3.23. The highest BCUT2D eigenvalue weighted by molar-refractivity contribution is 6.33. The van der Waals surface area contributed by atoms with Crippen molar-refractivity contribution in [2.75, 3.05) is 5.73 Å². The third-order valence-corrected chi connectivity index (χ3v) is 2.54. The Bertz CT molecular complexity index is 438. The molecule has 0 aromatic heterocycles. The van der Waals surface area contributed by atoms with Crippen LogP contribution in [-0.4, -0.2) is 11.1 Å². The molecule has 0 saturated heterocycles. The van der Waals surface area contributed by atoms with Crippen molar-refractivity contribution in [3.05, 3.63) is 33.9 Å². The lowest BCUT2D eigenvalue weighted by Gasteiger charge is -2.06. The Morgan fingerprint density at radius 3 is 2.67 bits per heavy atom. The van der Waals surface area contributed by atoms with Gasteiger partial charge in [-0.25, -0.2) is 4.79 Å². The predicted octanol–water partition coefficient (Wildman–Crippen LogP) is 2.72. The van der Waals surface area contributed by atoms with Gasteiger partial charge in [0.2, 0.25) is 0 Å². The van der Waals surface area contributed by atoms with Crippen molar-refractivity contribution in [1.82, 2.24) is 0 Å². The number of nitrogens with two attached hydrogens (primary N) is 1. The minimum Gasteiger partial charge on any atom is -0.478 e. The van der Waals surface area contributed by atoms with Crippen molar-refractivity contribution < 1.29 is 9.90 Å². The second-order valence-corrected chi connectivity index (χ2v) is 3.71. The summed E-state index contributed by atoms with van der Waals surface area (Å²) in [5.74, 6) is -0.942. The van der Waals surface area contributed by atoms with Gasteiger partial charge in [0.1, 0.15) is 0 Å². The van der Waals surface area contributed by atoms with E-state index in [1.807, 2.05) is 6.92 Å². The largest absolute Gasteiger partial charge is 0.478 e. The van der Waals surface area contributed by atoms with Gasteiger partial charge in [-0.15, -0.1) is 0 Å². The molecule has 0 radical (unpaired) electrons. The van der Waals surface area contributed by atoms with E-state index in [4.69, 9.17) is 22.4 Å². The highest BCUT2D eigenvalue weighted by Gasteiger charge is 2.06. The summed E-state index contributed by atoms with van der Waals surface area (Å²) in [5, 5.41) is 9.22. The molecular formula is C11H12ClNO2. The summed E-state index contributed by atoms with van der Waals surface area (Å²) in [6.07, 6.45) is 1.57. The number of rotatable bonds is 2. The number of carboxylic acid groups (broad SMARTS) is 1. The Morgan fingerprint density at radius 1 is 1.53 bits per heavy atom. The van der Waals surface area contributed by atoms with E-state index in [2.05, 4.69) is 0 Å². The van der Waals surface area contributed by atoms with Gasteiger partial charge >= 0.3 is 5.97 Å². The normalized spacial score (nSPS) is 11.5. The molecule has 80 valence electrons. The molecule has 0 bridgehead atoms. The van der Waals surface area contributed by atoms with Gasteiger partial charge in [0, 0.05) is 5.57 Å². The average molecular weight is 226 g/mol. The molecule has 4 heteroatoms. The van der Waals surface area contributed by atoms with Gasteiger partial charge in [0.15, 0.2) is 0 Å². The topological polar surface area (TPSA) is 63.3 Å². The molecule has 0 spiro atoms. The van der Waals surface area contributed by atoms with E-state index in [-0.39, 0.29) is 5.57 Å². The number of carbonyl (C=O) groups is 1. The van der Waals surface area contributed by atoms with Crippen molar-refractivity contribution in [2.24, 2.45) is 0 Å². The third kappa shape index (κ3) is 2.50. The van der Waals surface area contributed by atoms with E-state index in [1.54, 1.807) is 18.2 Å². The van der Waals surface area contributed by atoms with Gasteiger partial charge in [-0.1, -0.05) is 17.7 Å². The van der Waals surface area contributed by atoms with Crippen molar-refractivity contribution in [2.45, 2.75) is 13.8 Å². The fourth-order valence-electron chi connectivity index (χ4n) is 1.16. The highest BCUT2D eigenvalue weighted by Crippen LogP contribution is 2.26. The molecule has 0 atom stereocenters. The lowest BCUT2D eigenvalue weighted by atomic mass is 10.0. The van der Waals surface area contributed by atoms with Crippen molar-refractivity contribution in [1.29, 1.82) is 0 Å². The first-order valence-corrected chi connectivity index (χ1v) is 4.77. The van der Waals surface area contributed by atoms with E-state index in [1.165, 1.54) is 6.92 Å². The Hall–Kier alpha value is -1.48. The first-order chi connectivity index (χ1) is 6.93. The quantitative estimate of drug-likeness (QED) is 0.601. The maximum absolute atomic E-state index is 10.6. The van der Waals surface area contributed by atoms with Crippen molar-refractivity contribution >= 4 is 29.3 Å². The minimum atomic E-state index is -0.942. The van der Waals surface area contributed by atoms with Crippen LogP contribution in [0.25, 0.3) is 6.08 Å². The Kier molecular flexibility index (Phi) is 3.37. The summed E-state index contributed by atoms with van der Waals surface area (Å²) >= 11 is 5.82. The van der Waals surface area contributed by atoms with E-state index in [0.717, 1.165) is 11.1 Å². The fraction of sp³-hybridized carbons (Fsp3) is 0.182. The molecule has 0 aliphatic heterocycles. The molecular weight excluding hydrogens is 214 g/mol. The maximum Gasteiger partial charge on any atom is 0.331 e. The van der Waals surface area contributed by atoms with Gasteiger partial charge in [0.05, 0.1) is 10.7 Å². The van der Waals surface area contributed by atoms with Gasteiger partial charge in [0.25, 0.3) is 0 Å². The van der Waals surface area contributed by atoms with Crippen LogP contribution in [0, 0.1) is 6.92 Å². The molecule has 3 nitrogen and oxygen atoms in total. The first kappa shape index (κ1) is 11.6. The van der Waals surface area contributed by atoms with Crippen LogP contribution in [0.15, 0.2) is 17.7 Å². The minimum absolute atomic E-state index is 0.264. The molecule has 0 heterocycles.